The third-order valence-electron chi connectivity index (χ3n) is 2.66. The zero-order valence-electron chi connectivity index (χ0n) is 14.8. The molecule has 1 atom stereocenters. The number of benzene rings is 1. The molecule has 1 N–H and O–H groups in total. The molecule has 3 heteroatoms. The van der Waals surface area contributed by atoms with E-state index in [1.54, 1.807) is 0 Å². The predicted octanol–water partition coefficient (Wildman–Crippen LogP) is 2.90. The number of nitrogens with one attached hydrogen (secondary N) is 1. The van der Waals surface area contributed by atoms with Gasteiger partial charge < -0.3 is 5.32 Å². The Morgan fingerprint density at radius 2 is 2.06 bits per heavy atom. The van der Waals surface area contributed by atoms with Crippen LogP contribution in [0.15, 0.2) is 24.3 Å². The molecule has 0 heterocycles. The Labute approximate surface area is 109 Å². The summed E-state index contributed by atoms with van der Waals surface area (Å²) in [7, 11) is 1.36. The van der Waals surface area contributed by atoms with Gasteiger partial charge in [-0.2, -0.15) is 0 Å². The number of carbonyl (C=O) groups excluding carboxylic acids is 1. The van der Waals surface area contributed by atoms with Crippen LogP contribution in [0.5, 0.6) is 0 Å². The Hall–Kier alpha value is -0.860. The molecular weight excluding hydrogens is 222 g/mol. The molecule has 0 aromatic heterocycles. The number of halogens is 1. The van der Waals surface area contributed by atoms with Crippen molar-refractivity contribution in [1.82, 2.24) is 5.32 Å². The van der Waals surface area contributed by atoms with Crippen molar-refractivity contribution in [2.75, 3.05) is 7.05 Å². The minimum absolute atomic E-state index is 0.216. The molecule has 1 aromatic rings. The largest absolute Gasteiger partial charge is 0.304 e. The monoisotopic (exact) mass is 243 g/mol. The van der Waals surface area contributed by atoms with Crippen LogP contribution in [-0.2, 0) is 10.3 Å². The second-order valence-electron chi connectivity index (χ2n) is 3.53. The predicted molar refractivity (Wildman–Crippen MR) is 65.7 cm³/mol. The van der Waals surface area contributed by atoms with Crippen molar-refractivity contribution in [3.63, 3.8) is 0 Å². The standard InChI is InChI=1S/C13H16ClNO/c1-15-13(9-3-2-4-12(13)16)10-5-7-11(14)8-6-10/h5-8,15H,2-4,9H2,1H3/i2D2,3D2,9D2. The van der Waals surface area contributed by atoms with Crippen molar-refractivity contribution in [1.29, 1.82) is 0 Å². The summed E-state index contributed by atoms with van der Waals surface area (Å²) in [6, 6.07) is 5.87. The molecule has 1 fully saturated rings. The molecule has 0 aliphatic heterocycles. The van der Waals surface area contributed by atoms with Crippen molar-refractivity contribution in [3.05, 3.63) is 34.9 Å². The lowest BCUT2D eigenvalue weighted by atomic mass is 9.76. The van der Waals surface area contributed by atoms with Crippen LogP contribution in [0, 0.1) is 0 Å². The molecule has 0 spiro atoms. The van der Waals surface area contributed by atoms with E-state index in [1.165, 1.54) is 31.3 Å². The van der Waals surface area contributed by atoms with Gasteiger partial charge in [-0.05, 0) is 37.5 Å². The van der Waals surface area contributed by atoms with Crippen LogP contribution < -0.4 is 5.32 Å². The summed E-state index contributed by atoms with van der Waals surface area (Å²) in [5.41, 5.74) is -1.76. The molecule has 0 radical (unpaired) electrons. The minimum atomic E-state index is -2.86. The normalized spacial score (nSPS) is 40.8. The van der Waals surface area contributed by atoms with E-state index in [-0.39, 0.29) is 5.56 Å². The fraction of sp³-hybridized carbons (Fsp3) is 0.462. The molecule has 86 valence electrons. The maximum absolute atomic E-state index is 12.6. The van der Waals surface area contributed by atoms with Crippen LogP contribution in [0.4, 0.5) is 0 Å². The first-order chi connectivity index (χ1) is 9.94. The number of hydrogen-bond acceptors (Lipinski definition) is 2. The highest BCUT2D eigenvalue weighted by atomic mass is 35.5. The Kier molecular flexibility index (Phi) is 1.76. The molecule has 1 aliphatic carbocycles. The molecule has 1 saturated carbocycles. The molecule has 0 bridgehead atoms. The van der Waals surface area contributed by atoms with Crippen LogP contribution in [0.2, 0.25) is 5.02 Å². The number of hydrogen-bond donors (Lipinski definition) is 1. The van der Waals surface area contributed by atoms with Crippen LogP contribution in [0.1, 0.15) is 39.3 Å². The first-order valence-corrected chi connectivity index (χ1v) is 5.30. The summed E-state index contributed by atoms with van der Waals surface area (Å²) in [4.78, 5) is 12.6. The van der Waals surface area contributed by atoms with Gasteiger partial charge in [-0.1, -0.05) is 30.1 Å². The highest BCUT2D eigenvalue weighted by Gasteiger charge is 2.39. The maximum atomic E-state index is 12.6. The molecule has 1 unspecified atom stereocenters. The van der Waals surface area contributed by atoms with Gasteiger partial charge in [0.2, 0.25) is 0 Å². The molecular formula is C13H16ClNO. The average molecular weight is 244 g/mol. The lowest BCUT2D eigenvalue weighted by molar-refractivity contribution is -0.127. The van der Waals surface area contributed by atoms with Crippen LogP contribution in [0.25, 0.3) is 0 Å². The summed E-state index contributed by atoms with van der Waals surface area (Å²) < 4.78 is 47.9. The summed E-state index contributed by atoms with van der Waals surface area (Å²) in [5, 5.41) is 3.01. The van der Waals surface area contributed by atoms with E-state index in [2.05, 4.69) is 5.32 Å². The Bertz CT molecular complexity index is 603. The molecule has 16 heavy (non-hydrogen) atoms. The summed E-state index contributed by atoms with van der Waals surface area (Å²) >= 11 is 5.81. The highest BCUT2D eigenvalue weighted by Crippen LogP contribution is 2.34. The van der Waals surface area contributed by atoms with E-state index in [1.807, 2.05) is 0 Å². The molecule has 0 saturated heterocycles. The number of likely N-dealkylation sites (N-methyl/N-ethyl adjacent to an activating group) is 1. The van der Waals surface area contributed by atoms with E-state index in [4.69, 9.17) is 19.8 Å². The zero-order valence-corrected chi connectivity index (χ0v) is 9.56. The fourth-order valence-corrected chi connectivity index (χ4v) is 1.87. The maximum Gasteiger partial charge on any atom is 0.157 e. The lowest BCUT2D eigenvalue weighted by Crippen LogP contribution is -2.49. The van der Waals surface area contributed by atoms with E-state index < -0.39 is 36.9 Å². The minimum Gasteiger partial charge on any atom is -0.304 e. The van der Waals surface area contributed by atoms with Crippen molar-refractivity contribution >= 4 is 17.4 Å². The Balaban J connectivity index is 2.73. The van der Waals surface area contributed by atoms with Crippen molar-refractivity contribution < 1.29 is 13.0 Å². The van der Waals surface area contributed by atoms with Crippen LogP contribution in [0.3, 0.4) is 0 Å². The summed E-state index contributed by atoms with van der Waals surface area (Å²) in [6.45, 7) is 0. The second-order valence-corrected chi connectivity index (χ2v) is 3.97. The van der Waals surface area contributed by atoms with Gasteiger partial charge in [0, 0.05) is 19.7 Å². The summed E-state index contributed by atoms with van der Waals surface area (Å²) in [5.74, 6) is -0.734. The number of carbonyl (C=O) groups is 1. The van der Waals surface area contributed by atoms with E-state index >= 15 is 0 Å². The lowest BCUT2D eigenvalue weighted by Gasteiger charge is -2.36. The number of ketones is 1. The molecule has 2 nitrogen and oxygen atoms in total. The van der Waals surface area contributed by atoms with E-state index in [0.717, 1.165) is 0 Å². The quantitative estimate of drug-likeness (QED) is 0.866. The third-order valence-corrected chi connectivity index (χ3v) is 2.91. The Morgan fingerprint density at radius 3 is 2.69 bits per heavy atom. The molecule has 1 aliphatic rings. The Morgan fingerprint density at radius 1 is 1.38 bits per heavy atom. The van der Waals surface area contributed by atoms with Crippen molar-refractivity contribution in [2.45, 2.75) is 31.1 Å². The smallest absolute Gasteiger partial charge is 0.157 e. The van der Waals surface area contributed by atoms with Crippen LogP contribution in [-0.4, -0.2) is 12.8 Å². The van der Waals surface area contributed by atoms with Gasteiger partial charge in [0.25, 0.3) is 0 Å². The van der Waals surface area contributed by atoms with Gasteiger partial charge in [-0.15, -0.1) is 0 Å². The highest BCUT2D eigenvalue weighted by molar-refractivity contribution is 6.30. The first-order valence-electron chi connectivity index (χ1n) is 7.92. The molecule has 2 rings (SSSR count). The van der Waals surface area contributed by atoms with Gasteiger partial charge in [-0.3, -0.25) is 4.79 Å². The fourth-order valence-electron chi connectivity index (χ4n) is 1.74. The number of rotatable bonds is 2. The first kappa shape index (κ1) is 6.18. The topological polar surface area (TPSA) is 29.1 Å². The van der Waals surface area contributed by atoms with Gasteiger partial charge in [0.1, 0.15) is 5.54 Å². The zero-order chi connectivity index (χ0) is 17.0. The van der Waals surface area contributed by atoms with E-state index in [9.17, 15) is 4.79 Å². The van der Waals surface area contributed by atoms with E-state index in [0.29, 0.717) is 5.02 Å². The van der Waals surface area contributed by atoms with Gasteiger partial charge >= 0.3 is 0 Å². The third kappa shape index (κ3) is 1.87. The van der Waals surface area contributed by atoms with Gasteiger partial charge in [0.15, 0.2) is 5.78 Å². The van der Waals surface area contributed by atoms with Gasteiger partial charge in [-0.25, -0.2) is 0 Å². The van der Waals surface area contributed by atoms with Crippen molar-refractivity contribution in [2.24, 2.45) is 0 Å². The molecule has 0 amide bonds. The molecule has 1 aromatic carbocycles. The van der Waals surface area contributed by atoms with Gasteiger partial charge in [0.05, 0.1) is 0 Å². The summed E-state index contributed by atoms with van der Waals surface area (Å²) in [6.07, 6.45) is -8.98. The SMILES string of the molecule is [2H]C1([2H])CC(=O)C(NC)(c2ccc(Cl)cc2)C([2H])([2H])C1([2H])[2H]. The second kappa shape index (κ2) is 4.56. The van der Waals surface area contributed by atoms with Crippen LogP contribution >= 0.6 is 11.6 Å². The van der Waals surface area contributed by atoms with Crippen molar-refractivity contribution in [3.8, 4) is 0 Å². The average Bonchev–Trinajstić information content (AvgIpc) is 2.39. The number of Topliss-reactive ketones (excluding diaryl/α,β-unsaturated/α-hetero) is 1.